The zero-order valence-corrected chi connectivity index (χ0v) is 15.6. The summed E-state index contributed by atoms with van der Waals surface area (Å²) in [6.07, 6.45) is 1.84. The molecule has 0 N–H and O–H groups in total. The van der Waals surface area contributed by atoms with Gasteiger partial charge in [0.1, 0.15) is 0 Å². The number of benzene rings is 2. The highest BCUT2D eigenvalue weighted by Gasteiger charge is 2.38. The Hall–Kier alpha value is -2.22. The van der Waals surface area contributed by atoms with E-state index in [9.17, 15) is 17.2 Å². The van der Waals surface area contributed by atoms with Gasteiger partial charge >= 0.3 is 0 Å². The van der Waals surface area contributed by atoms with Crippen LogP contribution in [0.3, 0.4) is 0 Å². The van der Waals surface area contributed by atoms with Gasteiger partial charge in [0.15, 0.2) is 11.6 Å². The summed E-state index contributed by atoms with van der Waals surface area (Å²) in [4.78, 5) is 0.0580. The van der Waals surface area contributed by atoms with Crippen molar-refractivity contribution in [1.29, 1.82) is 0 Å². The zero-order chi connectivity index (χ0) is 19.2. The minimum atomic E-state index is -3.91. The Kier molecular flexibility index (Phi) is 4.53. The van der Waals surface area contributed by atoms with Crippen LogP contribution in [0.2, 0.25) is 5.02 Å². The van der Waals surface area contributed by atoms with Gasteiger partial charge in [0.25, 0.3) is 0 Å². The maximum atomic E-state index is 13.9. The van der Waals surface area contributed by atoms with Crippen molar-refractivity contribution in [3.05, 3.63) is 88.7 Å². The fraction of sp³-hybridized carbons (Fsp3) is 0.158. The molecule has 2 aromatic carbocycles. The fourth-order valence-electron chi connectivity index (χ4n) is 3.40. The standard InChI is InChI=1S/C19H15ClF2N2O2S/c20-14-3-1-4-15(12-14)27(25,26)24-10-9-23-8-2-5-18(23)19(24)13-6-7-16(21)17(22)11-13/h1-8,11-12,19H,9-10H2/t19-/m1/s1. The van der Waals surface area contributed by atoms with E-state index in [0.29, 0.717) is 22.8 Å². The second-order valence-corrected chi connectivity index (χ2v) is 8.60. The quantitative estimate of drug-likeness (QED) is 0.651. The van der Waals surface area contributed by atoms with Crippen molar-refractivity contribution in [1.82, 2.24) is 8.87 Å². The fourth-order valence-corrected chi connectivity index (χ4v) is 5.28. The van der Waals surface area contributed by atoms with Gasteiger partial charge in [-0.2, -0.15) is 4.31 Å². The first-order valence-corrected chi connectivity index (χ1v) is 10.1. The SMILES string of the molecule is O=S(=O)(c1cccc(Cl)c1)N1CCn2cccc2[C@H]1c1ccc(F)c(F)c1. The van der Waals surface area contributed by atoms with Crippen LogP contribution in [0.15, 0.2) is 65.7 Å². The van der Waals surface area contributed by atoms with Crippen molar-refractivity contribution in [2.24, 2.45) is 0 Å². The van der Waals surface area contributed by atoms with E-state index in [1.54, 1.807) is 24.3 Å². The largest absolute Gasteiger partial charge is 0.348 e. The molecule has 3 aromatic rings. The summed E-state index contributed by atoms with van der Waals surface area (Å²) in [5, 5.41) is 0.306. The molecule has 1 atom stereocenters. The number of aromatic nitrogens is 1. The number of sulfonamides is 1. The van der Waals surface area contributed by atoms with Crippen LogP contribution in [-0.4, -0.2) is 23.8 Å². The second kappa shape index (κ2) is 6.74. The molecule has 1 aromatic heterocycles. The monoisotopic (exact) mass is 408 g/mol. The van der Waals surface area contributed by atoms with Crippen LogP contribution in [0.25, 0.3) is 0 Å². The first kappa shape index (κ1) is 18.2. The molecule has 0 aliphatic carbocycles. The summed E-state index contributed by atoms with van der Waals surface area (Å²) in [5.74, 6) is -1.99. The van der Waals surface area contributed by atoms with E-state index >= 15 is 0 Å². The van der Waals surface area contributed by atoms with Crippen LogP contribution in [0.4, 0.5) is 8.78 Å². The van der Waals surface area contributed by atoms with Gasteiger partial charge in [0.2, 0.25) is 10.0 Å². The third-order valence-electron chi connectivity index (χ3n) is 4.66. The van der Waals surface area contributed by atoms with Gasteiger partial charge in [-0.05, 0) is 48.0 Å². The van der Waals surface area contributed by atoms with E-state index in [-0.39, 0.29) is 11.4 Å². The van der Waals surface area contributed by atoms with Gasteiger partial charge in [-0.15, -0.1) is 0 Å². The Balaban J connectivity index is 1.87. The normalized spacial score (nSPS) is 17.7. The highest BCUT2D eigenvalue weighted by Crippen LogP contribution is 2.37. The number of hydrogen-bond acceptors (Lipinski definition) is 2. The summed E-state index contributed by atoms with van der Waals surface area (Å²) in [6, 6.07) is 12.3. The highest BCUT2D eigenvalue weighted by atomic mass is 35.5. The lowest BCUT2D eigenvalue weighted by Crippen LogP contribution is -2.42. The number of halogens is 3. The number of fused-ring (bicyclic) bond motifs is 1. The molecular weight excluding hydrogens is 394 g/mol. The molecule has 0 fully saturated rings. The Bertz CT molecular complexity index is 1110. The molecule has 4 nitrogen and oxygen atoms in total. The average molecular weight is 409 g/mol. The predicted molar refractivity (Wildman–Crippen MR) is 98.0 cm³/mol. The Morgan fingerprint density at radius 1 is 0.963 bits per heavy atom. The first-order chi connectivity index (χ1) is 12.9. The van der Waals surface area contributed by atoms with Crippen LogP contribution in [0.5, 0.6) is 0 Å². The van der Waals surface area contributed by atoms with Gasteiger partial charge in [0, 0.05) is 30.0 Å². The molecular formula is C19H15ClF2N2O2S. The smallest absolute Gasteiger partial charge is 0.244 e. The molecule has 0 saturated carbocycles. The van der Waals surface area contributed by atoms with Crippen molar-refractivity contribution in [3.8, 4) is 0 Å². The Morgan fingerprint density at radius 3 is 2.52 bits per heavy atom. The first-order valence-electron chi connectivity index (χ1n) is 8.25. The maximum Gasteiger partial charge on any atom is 0.244 e. The van der Waals surface area contributed by atoms with Gasteiger partial charge in [-0.1, -0.05) is 23.7 Å². The van der Waals surface area contributed by atoms with Crippen molar-refractivity contribution < 1.29 is 17.2 Å². The van der Waals surface area contributed by atoms with E-state index in [1.165, 1.54) is 22.5 Å². The molecule has 8 heteroatoms. The lowest BCUT2D eigenvalue weighted by molar-refractivity contribution is 0.297. The molecule has 4 rings (SSSR count). The van der Waals surface area contributed by atoms with Crippen molar-refractivity contribution >= 4 is 21.6 Å². The van der Waals surface area contributed by atoms with Gasteiger partial charge in [-0.3, -0.25) is 0 Å². The minimum absolute atomic E-state index is 0.0580. The van der Waals surface area contributed by atoms with Crippen molar-refractivity contribution in [3.63, 3.8) is 0 Å². The summed E-state index contributed by atoms with van der Waals surface area (Å²) < 4.78 is 57.1. The van der Waals surface area contributed by atoms with Crippen LogP contribution >= 0.6 is 11.6 Å². The zero-order valence-electron chi connectivity index (χ0n) is 14.0. The molecule has 0 spiro atoms. The van der Waals surface area contributed by atoms with Crippen molar-refractivity contribution in [2.45, 2.75) is 17.5 Å². The molecule has 1 aliphatic heterocycles. The topological polar surface area (TPSA) is 42.3 Å². The molecule has 0 radical (unpaired) electrons. The van der Waals surface area contributed by atoms with Crippen LogP contribution < -0.4 is 0 Å². The van der Waals surface area contributed by atoms with Crippen molar-refractivity contribution in [2.75, 3.05) is 6.54 Å². The molecule has 2 heterocycles. The maximum absolute atomic E-state index is 13.9. The average Bonchev–Trinajstić information content (AvgIpc) is 3.12. The van der Waals surface area contributed by atoms with E-state index < -0.39 is 27.7 Å². The van der Waals surface area contributed by atoms with E-state index in [1.807, 2.05) is 10.8 Å². The minimum Gasteiger partial charge on any atom is -0.348 e. The van der Waals surface area contributed by atoms with Crippen LogP contribution in [-0.2, 0) is 16.6 Å². The molecule has 0 bridgehead atoms. The lowest BCUT2D eigenvalue weighted by Gasteiger charge is -2.36. The Labute approximate surface area is 160 Å². The summed E-state index contributed by atoms with van der Waals surface area (Å²) in [7, 11) is -3.91. The third-order valence-corrected chi connectivity index (χ3v) is 6.75. The van der Waals surface area contributed by atoms with E-state index in [0.717, 1.165) is 12.1 Å². The van der Waals surface area contributed by atoms with Gasteiger partial charge in [-0.25, -0.2) is 17.2 Å². The molecule has 140 valence electrons. The van der Waals surface area contributed by atoms with E-state index in [2.05, 4.69) is 0 Å². The molecule has 0 saturated heterocycles. The number of nitrogens with zero attached hydrogens (tertiary/aromatic N) is 2. The molecule has 0 amide bonds. The third kappa shape index (κ3) is 3.16. The van der Waals surface area contributed by atoms with Crippen LogP contribution in [0.1, 0.15) is 17.3 Å². The Morgan fingerprint density at radius 2 is 1.78 bits per heavy atom. The molecule has 1 aliphatic rings. The highest BCUT2D eigenvalue weighted by molar-refractivity contribution is 7.89. The summed E-state index contributed by atoms with van der Waals surface area (Å²) >= 11 is 5.97. The van der Waals surface area contributed by atoms with E-state index in [4.69, 9.17) is 11.6 Å². The molecule has 27 heavy (non-hydrogen) atoms. The molecule has 0 unspecified atom stereocenters. The summed E-state index contributed by atoms with van der Waals surface area (Å²) in [5.41, 5.74) is 1.05. The number of rotatable bonds is 3. The second-order valence-electron chi connectivity index (χ2n) is 6.28. The lowest BCUT2D eigenvalue weighted by atomic mass is 10.0. The number of hydrogen-bond donors (Lipinski definition) is 0. The van der Waals surface area contributed by atoms with Crippen LogP contribution in [0, 0.1) is 11.6 Å². The van der Waals surface area contributed by atoms with Gasteiger partial charge in [0.05, 0.1) is 10.9 Å². The predicted octanol–water partition coefficient (Wildman–Crippen LogP) is 4.21. The van der Waals surface area contributed by atoms with Gasteiger partial charge < -0.3 is 4.57 Å². The summed E-state index contributed by atoms with van der Waals surface area (Å²) in [6.45, 7) is 0.655.